The van der Waals surface area contributed by atoms with Gasteiger partial charge in [-0.25, -0.2) is 0 Å². The molecule has 0 bridgehead atoms. The van der Waals surface area contributed by atoms with E-state index in [-0.39, 0.29) is 5.91 Å². The van der Waals surface area contributed by atoms with Crippen LogP contribution in [-0.2, 0) is 4.79 Å². The second-order valence-corrected chi connectivity index (χ2v) is 5.58. The van der Waals surface area contributed by atoms with Crippen LogP contribution in [0, 0.1) is 0 Å². The Morgan fingerprint density at radius 1 is 1.50 bits per heavy atom. The van der Waals surface area contributed by atoms with Crippen molar-refractivity contribution in [3.63, 3.8) is 0 Å². The minimum absolute atomic E-state index is 0.0674. The van der Waals surface area contributed by atoms with Crippen LogP contribution in [0.2, 0.25) is 0 Å². The molecule has 1 aromatic rings. The maximum atomic E-state index is 12.4. The zero-order valence-corrected chi connectivity index (χ0v) is 11.5. The zero-order valence-electron chi connectivity index (χ0n) is 10.7. The number of nitrogens with zero attached hydrogens (tertiary/aromatic N) is 1. The van der Waals surface area contributed by atoms with E-state index in [1.165, 1.54) is 0 Å². The summed E-state index contributed by atoms with van der Waals surface area (Å²) in [5, 5.41) is 0. The molecule has 2 rings (SSSR count). The Balaban J connectivity index is 2.06. The lowest BCUT2D eigenvalue weighted by Crippen LogP contribution is -2.42. The number of rotatable bonds is 4. The number of thioether (sulfide) groups is 1. The van der Waals surface area contributed by atoms with Gasteiger partial charge >= 0.3 is 0 Å². The summed E-state index contributed by atoms with van der Waals surface area (Å²) in [7, 11) is 0. The molecular formula is C14H20N2OS. The average Bonchev–Trinajstić information content (AvgIpc) is 2.87. The van der Waals surface area contributed by atoms with E-state index in [0.717, 1.165) is 30.7 Å². The second kappa shape index (κ2) is 6.25. The summed E-state index contributed by atoms with van der Waals surface area (Å²) in [4.78, 5) is 14.4. The number of likely N-dealkylation sites (tertiary alicyclic amines) is 1. The Morgan fingerprint density at radius 3 is 2.89 bits per heavy atom. The Labute approximate surface area is 113 Å². The molecule has 1 aliphatic rings. The van der Waals surface area contributed by atoms with Crippen molar-refractivity contribution in [1.29, 1.82) is 0 Å². The molecule has 0 aliphatic carbocycles. The van der Waals surface area contributed by atoms with Crippen LogP contribution in [0.4, 0.5) is 0 Å². The SMILES string of the molecule is CSCC1CCCN1C(=O)C(N)c1ccccc1. The maximum Gasteiger partial charge on any atom is 0.244 e. The first-order valence-corrected chi connectivity index (χ1v) is 7.73. The van der Waals surface area contributed by atoms with Crippen LogP contribution in [0.25, 0.3) is 0 Å². The lowest BCUT2D eigenvalue weighted by atomic mass is 10.1. The van der Waals surface area contributed by atoms with Crippen LogP contribution in [0.1, 0.15) is 24.4 Å². The molecule has 2 unspecified atom stereocenters. The van der Waals surface area contributed by atoms with Crippen molar-refractivity contribution in [3.05, 3.63) is 35.9 Å². The molecule has 1 aromatic carbocycles. The van der Waals surface area contributed by atoms with E-state index in [0.29, 0.717) is 6.04 Å². The minimum atomic E-state index is -0.520. The molecule has 0 spiro atoms. The van der Waals surface area contributed by atoms with Gasteiger partial charge in [0.05, 0.1) is 0 Å². The third-order valence-electron chi connectivity index (χ3n) is 3.44. The molecule has 1 amide bonds. The van der Waals surface area contributed by atoms with Gasteiger partial charge in [-0.05, 0) is 24.7 Å². The summed E-state index contributed by atoms with van der Waals surface area (Å²) in [6.07, 6.45) is 4.28. The van der Waals surface area contributed by atoms with Crippen LogP contribution < -0.4 is 5.73 Å². The highest BCUT2D eigenvalue weighted by Crippen LogP contribution is 2.24. The van der Waals surface area contributed by atoms with E-state index in [4.69, 9.17) is 5.73 Å². The quantitative estimate of drug-likeness (QED) is 0.905. The van der Waals surface area contributed by atoms with Gasteiger partial charge in [0.15, 0.2) is 0 Å². The topological polar surface area (TPSA) is 46.3 Å². The molecule has 98 valence electrons. The fourth-order valence-electron chi connectivity index (χ4n) is 2.47. The van der Waals surface area contributed by atoms with Crippen molar-refractivity contribution in [2.45, 2.75) is 24.9 Å². The van der Waals surface area contributed by atoms with Gasteiger partial charge in [0.1, 0.15) is 6.04 Å². The zero-order chi connectivity index (χ0) is 13.0. The van der Waals surface area contributed by atoms with Gasteiger partial charge < -0.3 is 10.6 Å². The number of nitrogens with two attached hydrogens (primary N) is 1. The van der Waals surface area contributed by atoms with Gasteiger partial charge in [0.25, 0.3) is 0 Å². The third-order valence-corrected chi connectivity index (χ3v) is 4.16. The first kappa shape index (κ1) is 13.4. The van der Waals surface area contributed by atoms with Gasteiger partial charge in [0.2, 0.25) is 5.91 Å². The molecule has 1 heterocycles. The van der Waals surface area contributed by atoms with Crippen LogP contribution in [0.5, 0.6) is 0 Å². The van der Waals surface area contributed by atoms with E-state index in [1.54, 1.807) is 11.8 Å². The molecule has 1 aliphatic heterocycles. The molecule has 1 saturated heterocycles. The molecule has 2 N–H and O–H groups in total. The molecule has 0 saturated carbocycles. The fourth-order valence-corrected chi connectivity index (χ4v) is 3.20. The molecule has 4 heteroatoms. The second-order valence-electron chi connectivity index (χ2n) is 4.67. The summed E-state index contributed by atoms with van der Waals surface area (Å²) < 4.78 is 0. The fraction of sp³-hybridized carbons (Fsp3) is 0.500. The summed E-state index contributed by atoms with van der Waals surface area (Å²) in [5.41, 5.74) is 6.98. The van der Waals surface area contributed by atoms with Crippen molar-refractivity contribution < 1.29 is 4.79 Å². The summed E-state index contributed by atoms with van der Waals surface area (Å²) in [5.74, 6) is 1.07. The van der Waals surface area contributed by atoms with Crippen molar-refractivity contribution >= 4 is 17.7 Å². The molecule has 0 radical (unpaired) electrons. The number of hydrogen-bond acceptors (Lipinski definition) is 3. The molecule has 0 aromatic heterocycles. The number of carbonyl (C=O) groups excluding carboxylic acids is 1. The third kappa shape index (κ3) is 2.87. The lowest BCUT2D eigenvalue weighted by Gasteiger charge is -2.27. The van der Waals surface area contributed by atoms with E-state index in [1.807, 2.05) is 35.2 Å². The number of hydrogen-bond donors (Lipinski definition) is 1. The first-order chi connectivity index (χ1) is 8.74. The Hall–Kier alpha value is -1.00. The van der Waals surface area contributed by atoms with Crippen molar-refractivity contribution in [1.82, 2.24) is 4.90 Å². The minimum Gasteiger partial charge on any atom is -0.337 e. The first-order valence-electron chi connectivity index (χ1n) is 6.34. The predicted octanol–water partition coefficient (Wildman–Crippen LogP) is 2.04. The largest absolute Gasteiger partial charge is 0.337 e. The van der Waals surface area contributed by atoms with Crippen LogP contribution in [0.15, 0.2) is 30.3 Å². The van der Waals surface area contributed by atoms with E-state index < -0.39 is 6.04 Å². The molecule has 2 atom stereocenters. The maximum absolute atomic E-state index is 12.4. The summed E-state index contributed by atoms with van der Waals surface area (Å²) in [6.45, 7) is 0.852. The summed E-state index contributed by atoms with van der Waals surface area (Å²) in [6, 6.07) is 9.46. The monoisotopic (exact) mass is 264 g/mol. The van der Waals surface area contributed by atoms with E-state index in [2.05, 4.69) is 6.26 Å². The molecular weight excluding hydrogens is 244 g/mol. The number of amides is 1. The highest BCUT2D eigenvalue weighted by molar-refractivity contribution is 7.98. The van der Waals surface area contributed by atoms with Crippen LogP contribution in [0.3, 0.4) is 0 Å². The van der Waals surface area contributed by atoms with Crippen molar-refractivity contribution in [2.75, 3.05) is 18.6 Å². The molecule has 1 fully saturated rings. The van der Waals surface area contributed by atoms with Crippen LogP contribution >= 0.6 is 11.8 Å². The lowest BCUT2D eigenvalue weighted by molar-refractivity contribution is -0.133. The standard InChI is InChI=1S/C14H20N2OS/c1-18-10-12-8-5-9-16(12)14(17)13(15)11-6-3-2-4-7-11/h2-4,6-7,12-13H,5,8-10,15H2,1H3. The van der Waals surface area contributed by atoms with Gasteiger partial charge in [0, 0.05) is 18.3 Å². The Morgan fingerprint density at radius 2 is 2.22 bits per heavy atom. The average molecular weight is 264 g/mol. The van der Waals surface area contributed by atoms with Gasteiger partial charge in [-0.3, -0.25) is 4.79 Å². The highest BCUT2D eigenvalue weighted by Gasteiger charge is 2.31. The normalized spacial score (nSPS) is 21.0. The number of benzene rings is 1. The predicted molar refractivity (Wildman–Crippen MR) is 76.5 cm³/mol. The highest BCUT2D eigenvalue weighted by atomic mass is 32.2. The van der Waals surface area contributed by atoms with E-state index >= 15 is 0 Å². The van der Waals surface area contributed by atoms with E-state index in [9.17, 15) is 4.79 Å². The molecule has 18 heavy (non-hydrogen) atoms. The Kier molecular flexibility index (Phi) is 4.66. The van der Waals surface area contributed by atoms with Gasteiger partial charge in [-0.1, -0.05) is 30.3 Å². The van der Waals surface area contributed by atoms with Crippen molar-refractivity contribution in [2.24, 2.45) is 5.73 Å². The smallest absolute Gasteiger partial charge is 0.244 e. The summed E-state index contributed by atoms with van der Waals surface area (Å²) >= 11 is 1.79. The Bertz CT molecular complexity index is 396. The van der Waals surface area contributed by atoms with Gasteiger partial charge in [-0.15, -0.1) is 0 Å². The van der Waals surface area contributed by atoms with Gasteiger partial charge in [-0.2, -0.15) is 11.8 Å². The molecule has 3 nitrogen and oxygen atoms in total. The van der Waals surface area contributed by atoms with Crippen molar-refractivity contribution in [3.8, 4) is 0 Å². The van der Waals surface area contributed by atoms with Crippen LogP contribution in [-0.4, -0.2) is 35.4 Å². The number of carbonyl (C=O) groups is 1.